The summed E-state index contributed by atoms with van der Waals surface area (Å²) in [5, 5.41) is 8.83. The van der Waals surface area contributed by atoms with Crippen molar-refractivity contribution in [1.29, 1.82) is 0 Å². The van der Waals surface area contributed by atoms with Crippen molar-refractivity contribution < 1.29 is 19.4 Å². The maximum Gasteiger partial charge on any atom is 0.305 e. The van der Waals surface area contributed by atoms with Gasteiger partial charge in [0.05, 0.1) is 18.9 Å². The van der Waals surface area contributed by atoms with Gasteiger partial charge in [-0.25, -0.2) is 0 Å². The van der Waals surface area contributed by atoms with Crippen LogP contribution in [-0.2, 0) is 14.3 Å². The van der Waals surface area contributed by atoms with Gasteiger partial charge >= 0.3 is 5.97 Å². The number of carboxylic acid groups (broad SMARTS) is 1. The van der Waals surface area contributed by atoms with Crippen molar-refractivity contribution in [2.45, 2.75) is 38.6 Å². The Labute approximate surface area is 102 Å². The molecule has 0 aromatic carbocycles. The number of carboxylic acids is 1. The van der Waals surface area contributed by atoms with Gasteiger partial charge in [0.2, 0.25) is 5.91 Å². The number of hydrogen-bond acceptors (Lipinski definition) is 3. The minimum atomic E-state index is -0.894. The molecule has 0 aromatic rings. The summed E-state index contributed by atoms with van der Waals surface area (Å²) < 4.78 is 5.28. The van der Waals surface area contributed by atoms with Crippen LogP contribution in [-0.4, -0.2) is 47.7 Å². The number of nitrogens with zero attached hydrogens (tertiary/aromatic N) is 1. The smallest absolute Gasteiger partial charge is 0.305 e. The van der Waals surface area contributed by atoms with Crippen molar-refractivity contribution in [2.75, 3.05) is 20.3 Å². The van der Waals surface area contributed by atoms with Gasteiger partial charge in [0.25, 0.3) is 0 Å². The molecule has 17 heavy (non-hydrogen) atoms. The summed E-state index contributed by atoms with van der Waals surface area (Å²) in [7, 11) is 1.67. The summed E-state index contributed by atoms with van der Waals surface area (Å²) in [6.45, 7) is 4.70. The van der Waals surface area contributed by atoms with E-state index >= 15 is 0 Å². The van der Waals surface area contributed by atoms with Crippen LogP contribution in [0.5, 0.6) is 0 Å². The average molecular weight is 243 g/mol. The molecule has 0 spiro atoms. The molecule has 1 rings (SSSR count). The molecule has 1 aliphatic rings. The molecule has 0 aliphatic carbocycles. The number of hydrogen-bond donors (Lipinski definition) is 1. The summed E-state index contributed by atoms with van der Waals surface area (Å²) in [6.07, 6.45) is 1.67. The number of amides is 1. The van der Waals surface area contributed by atoms with E-state index in [0.717, 1.165) is 12.8 Å². The number of aliphatic carboxylic acids is 1. The first-order valence-corrected chi connectivity index (χ1v) is 5.92. The summed E-state index contributed by atoms with van der Waals surface area (Å²) in [4.78, 5) is 24.5. The van der Waals surface area contributed by atoms with E-state index in [0.29, 0.717) is 13.2 Å². The fourth-order valence-corrected chi connectivity index (χ4v) is 2.00. The van der Waals surface area contributed by atoms with Gasteiger partial charge in [0, 0.05) is 19.2 Å². The highest BCUT2D eigenvalue weighted by Crippen LogP contribution is 2.23. The van der Waals surface area contributed by atoms with Gasteiger partial charge < -0.3 is 14.7 Å². The molecule has 5 nitrogen and oxygen atoms in total. The Morgan fingerprint density at radius 3 is 2.59 bits per heavy atom. The number of carbonyl (C=O) groups excluding carboxylic acids is 1. The molecule has 0 aromatic heterocycles. The fourth-order valence-electron chi connectivity index (χ4n) is 2.00. The molecule has 1 saturated heterocycles. The van der Waals surface area contributed by atoms with Gasteiger partial charge in [-0.15, -0.1) is 0 Å². The van der Waals surface area contributed by atoms with E-state index in [1.807, 2.05) is 0 Å². The SMILES string of the molecule is CN(C(=O)C1CCCOC1)C(C)(C)CC(=O)O. The summed E-state index contributed by atoms with van der Waals surface area (Å²) >= 11 is 0. The minimum Gasteiger partial charge on any atom is -0.481 e. The number of carbonyl (C=O) groups is 2. The molecule has 5 heteroatoms. The normalized spacial score (nSPS) is 21.0. The Balaban J connectivity index is 2.63. The molecule has 1 unspecified atom stereocenters. The van der Waals surface area contributed by atoms with Crippen molar-refractivity contribution >= 4 is 11.9 Å². The molecule has 1 heterocycles. The van der Waals surface area contributed by atoms with Crippen LogP contribution in [0.15, 0.2) is 0 Å². The minimum absolute atomic E-state index is 0.0176. The quantitative estimate of drug-likeness (QED) is 0.803. The van der Waals surface area contributed by atoms with E-state index in [-0.39, 0.29) is 18.2 Å². The van der Waals surface area contributed by atoms with E-state index in [4.69, 9.17) is 9.84 Å². The van der Waals surface area contributed by atoms with E-state index in [2.05, 4.69) is 0 Å². The van der Waals surface area contributed by atoms with E-state index in [1.54, 1.807) is 25.8 Å². The second kappa shape index (κ2) is 5.49. The zero-order valence-corrected chi connectivity index (χ0v) is 10.7. The Morgan fingerprint density at radius 2 is 2.12 bits per heavy atom. The monoisotopic (exact) mass is 243 g/mol. The Morgan fingerprint density at radius 1 is 1.47 bits per heavy atom. The molecule has 0 radical (unpaired) electrons. The van der Waals surface area contributed by atoms with Gasteiger partial charge in [-0.3, -0.25) is 9.59 Å². The lowest BCUT2D eigenvalue weighted by Gasteiger charge is -2.37. The van der Waals surface area contributed by atoms with Crippen molar-refractivity contribution in [3.05, 3.63) is 0 Å². The fraction of sp³-hybridized carbons (Fsp3) is 0.833. The standard InChI is InChI=1S/C12H21NO4/c1-12(2,7-10(14)15)13(3)11(16)9-5-4-6-17-8-9/h9H,4-8H2,1-3H3,(H,14,15). The predicted octanol–water partition coefficient (Wildman–Crippen LogP) is 1.12. The van der Waals surface area contributed by atoms with E-state index in [9.17, 15) is 9.59 Å². The third-order valence-electron chi connectivity index (χ3n) is 3.33. The second-order valence-electron chi connectivity index (χ2n) is 5.19. The van der Waals surface area contributed by atoms with Crippen LogP contribution in [0.25, 0.3) is 0 Å². The van der Waals surface area contributed by atoms with Crippen LogP contribution in [0.3, 0.4) is 0 Å². The first-order chi connectivity index (χ1) is 7.84. The van der Waals surface area contributed by atoms with Crippen LogP contribution >= 0.6 is 0 Å². The van der Waals surface area contributed by atoms with Crippen LogP contribution in [0.2, 0.25) is 0 Å². The molecule has 1 atom stereocenters. The van der Waals surface area contributed by atoms with Crippen molar-refractivity contribution in [3.63, 3.8) is 0 Å². The highest BCUT2D eigenvalue weighted by atomic mass is 16.5. The van der Waals surface area contributed by atoms with Crippen molar-refractivity contribution in [2.24, 2.45) is 5.92 Å². The first kappa shape index (κ1) is 14.0. The summed E-state index contributed by atoms with van der Waals surface area (Å²) in [5.41, 5.74) is -0.666. The molecule has 1 amide bonds. The second-order valence-corrected chi connectivity index (χ2v) is 5.19. The van der Waals surface area contributed by atoms with Crippen LogP contribution < -0.4 is 0 Å². The molecular weight excluding hydrogens is 222 g/mol. The maximum atomic E-state index is 12.2. The molecule has 1 fully saturated rings. The molecule has 1 aliphatic heterocycles. The topological polar surface area (TPSA) is 66.8 Å². The number of rotatable bonds is 4. The van der Waals surface area contributed by atoms with Crippen molar-refractivity contribution in [1.82, 2.24) is 4.90 Å². The predicted molar refractivity (Wildman–Crippen MR) is 62.6 cm³/mol. The lowest BCUT2D eigenvalue weighted by molar-refractivity contribution is -0.147. The highest BCUT2D eigenvalue weighted by Gasteiger charge is 2.34. The lowest BCUT2D eigenvalue weighted by atomic mass is 9.94. The van der Waals surface area contributed by atoms with Gasteiger partial charge in [-0.1, -0.05) is 0 Å². The van der Waals surface area contributed by atoms with Crippen LogP contribution in [0.1, 0.15) is 33.1 Å². The van der Waals surface area contributed by atoms with Crippen LogP contribution in [0, 0.1) is 5.92 Å². The maximum absolute atomic E-state index is 12.2. The Kier molecular flexibility index (Phi) is 4.51. The average Bonchev–Trinajstić information content (AvgIpc) is 2.26. The van der Waals surface area contributed by atoms with Gasteiger partial charge in [0.1, 0.15) is 0 Å². The van der Waals surface area contributed by atoms with E-state index < -0.39 is 11.5 Å². The highest BCUT2D eigenvalue weighted by molar-refractivity contribution is 5.80. The summed E-state index contributed by atoms with van der Waals surface area (Å²) in [5.74, 6) is -1.03. The van der Waals surface area contributed by atoms with E-state index in [1.165, 1.54) is 0 Å². The molecule has 1 N–H and O–H groups in total. The zero-order valence-electron chi connectivity index (χ0n) is 10.7. The third-order valence-corrected chi connectivity index (χ3v) is 3.33. The van der Waals surface area contributed by atoms with Gasteiger partial charge in [-0.2, -0.15) is 0 Å². The third kappa shape index (κ3) is 3.70. The number of ether oxygens (including phenoxy) is 1. The first-order valence-electron chi connectivity index (χ1n) is 5.92. The Bertz CT molecular complexity index is 295. The largest absolute Gasteiger partial charge is 0.481 e. The molecule has 98 valence electrons. The van der Waals surface area contributed by atoms with Gasteiger partial charge in [-0.05, 0) is 26.7 Å². The van der Waals surface area contributed by atoms with Gasteiger partial charge in [0.15, 0.2) is 0 Å². The Hall–Kier alpha value is -1.10. The zero-order chi connectivity index (χ0) is 13.1. The van der Waals surface area contributed by atoms with Crippen molar-refractivity contribution in [3.8, 4) is 0 Å². The lowest BCUT2D eigenvalue weighted by Crippen LogP contribution is -2.49. The van der Waals surface area contributed by atoms with Crippen LogP contribution in [0.4, 0.5) is 0 Å². The molecular formula is C12H21NO4. The summed E-state index contributed by atoms with van der Waals surface area (Å²) in [6, 6.07) is 0. The molecule has 0 bridgehead atoms. The molecule has 0 saturated carbocycles.